The Bertz CT molecular complexity index is 548. The number of rotatable bonds is 3. The molecule has 1 N–H and O–H groups in total. The van der Waals surface area contributed by atoms with Crippen molar-refractivity contribution in [2.45, 2.75) is 38.7 Å². The monoisotopic (exact) mass is 289 g/mol. The highest BCUT2D eigenvalue weighted by atomic mass is 16.3. The van der Waals surface area contributed by atoms with E-state index in [0.717, 1.165) is 17.4 Å². The van der Waals surface area contributed by atoms with Gasteiger partial charge in [-0.3, -0.25) is 4.79 Å². The maximum atomic E-state index is 12.1. The van der Waals surface area contributed by atoms with Crippen molar-refractivity contribution in [2.75, 3.05) is 13.1 Å². The summed E-state index contributed by atoms with van der Waals surface area (Å²) in [5.41, 5.74) is 0. The van der Waals surface area contributed by atoms with Crippen molar-refractivity contribution in [3.05, 3.63) is 29.7 Å². The summed E-state index contributed by atoms with van der Waals surface area (Å²) in [5.74, 6) is 3.18. The summed E-state index contributed by atoms with van der Waals surface area (Å²) in [7, 11) is 0. The van der Waals surface area contributed by atoms with Crippen molar-refractivity contribution in [3.8, 4) is 0 Å². The zero-order chi connectivity index (χ0) is 15.0. The van der Waals surface area contributed by atoms with Gasteiger partial charge in [0.15, 0.2) is 0 Å². The average Bonchev–Trinajstić information content (AvgIpc) is 3.01. The first-order valence-electron chi connectivity index (χ1n) is 7.79. The molecule has 1 saturated heterocycles. The molecule has 1 aromatic rings. The zero-order valence-corrected chi connectivity index (χ0v) is 12.7. The van der Waals surface area contributed by atoms with Crippen molar-refractivity contribution >= 4 is 12.0 Å². The summed E-state index contributed by atoms with van der Waals surface area (Å²) < 4.78 is 5.76. The number of hydrogen-bond donors (Lipinski definition) is 1. The highest BCUT2D eigenvalue weighted by molar-refractivity contribution is 5.91. The maximum Gasteiger partial charge on any atom is 0.246 e. The van der Waals surface area contributed by atoms with Gasteiger partial charge < -0.3 is 14.4 Å². The van der Waals surface area contributed by atoms with E-state index in [0.29, 0.717) is 25.4 Å². The molecule has 1 aliphatic heterocycles. The molecule has 0 bridgehead atoms. The normalized spacial score (nSPS) is 32.6. The Morgan fingerprint density at radius 1 is 1.38 bits per heavy atom. The molecule has 3 rings (SSSR count). The van der Waals surface area contributed by atoms with Gasteiger partial charge in [0.2, 0.25) is 5.91 Å². The van der Waals surface area contributed by atoms with E-state index in [-0.39, 0.29) is 17.9 Å². The van der Waals surface area contributed by atoms with Crippen molar-refractivity contribution in [3.63, 3.8) is 0 Å². The zero-order valence-electron chi connectivity index (χ0n) is 12.7. The number of furan rings is 1. The Kier molecular flexibility index (Phi) is 3.89. The first-order chi connectivity index (χ1) is 10.0. The number of nitrogens with zero attached hydrogens (tertiary/aromatic N) is 1. The fourth-order valence-corrected chi connectivity index (χ4v) is 2.97. The molecule has 4 unspecified atom stereocenters. The largest absolute Gasteiger partial charge is 0.461 e. The van der Waals surface area contributed by atoms with E-state index in [1.165, 1.54) is 6.42 Å². The molecule has 21 heavy (non-hydrogen) atoms. The smallest absolute Gasteiger partial charge is 0.246 e. The fourth-order valence-electron chi connectivity index (χ4n) is 2.97. The number of aliphatic hydroxyl groups excluding tert-OH is 1. The summed E-state index contributed by atoms with van der Waals surface area (Å²) in [6.45, 7) is 5.44. The minimum absolute atomic E-state index is 0.00788. The average molecular weight is 289 g/mol. The molecule has 114 valence electrons. The Hall–Kier alpha value is -1.55. The van der Waals surface area contributed by atoms with Crippen LogP contribution in [0.2, 0.25) is 0 Å². The van der Waals surface area contributed by atoms with Crippen LogP contribution in [0.4, 0.5) is 0 Å². The molecule has 0 spiro atoms. The fraction of sp³-hybridized carbons (Fsp3) is 0.588. The standard InChI is InChI=1S/C17H23NO3/c1-11-9-14(11)16-5-3-13(21-16)4-6-17(20)18-8-7-15(19)12(2)10-18/h3-6,11-12,14-15,19H,7-10H2,1-2H3/b6-4+. The van der Waals surface area contributed by atoms with Gasteiger partial charge in [-0.05, 0) is 42.9 Å². The minimum Gasteiger partial charge on any atom is -0.461 e. The molecule has 1 aliphatic carbocycles. The molecule has 4 heteroatoms. The molecule has 0 radical (unpaired) electrons. The van der Waals surface area contributed by atoms with E-state index in [1.54, 1.807) is 17.1 Å². The summed E-state index contributed by atoms with van der Waals surface area (Å²) in [6.07, 6.45) is 4.89. The predicted molar refractivity (Wildman–Crippen MR) is 80.6 cm³/mol. The lowest BCUT2D eigenvalue weighted by atomic mass is 9.97. The van der Waals surface area contributed by atoms with Gasteiger partial charge in [0.25, 0.3) is 0 Å². The molecule has 2 aliphatic rings. The number of piperidine rings is 1. The van der Waals surface area contributed by atoms with E-state index in [9.17, 15) is 9.90 Å². The van der Waals surface area contributed by atoms with Crippen LogP contribution in [-0.2, 0) is 4.79 Å². The molecule has 4 nitrogen and oxygen atoms in total. The minimum atomic E-state index is -0.286. The third-order valence-corrected chi connectivity index (χ3v) is 4.68. The Labute approximate surface area is 125 Å². The van der Waals surface area contributed by atoms with E-state index in [4.69, 9.17) is 4.42 Å². The summed E-state index contributed by atoms with van der Waals surface area (Å²) >= 11 is 0. The van der Waals surface area contributed by atoms with Gasteiger partial charge >= 0.3 is 0 Å². The van der Waals surface area contributed by atoms with Crippen LogP contribution in [-0.4, -0.2) is 35.1 Å². The van der Waals surface area contributed by atoms with Crippen molar-refractivity contribution in [1.82, 2.24) is 4.90 Å². The molecule has 1 amide bonds. The van der Waals surface area contributed by atoms with Gasteiger partial charge in [0, 0.05) is 25.1 Å². The van der Waals surface area contributed by atoms with Crippen molar-refractivity contribution in [2.24, 2.45) is 11.8 Å². The van der Waals surface area contributed by atoms with Crippen LogP contribution in [0.5, 0.6) is 0 Å². The van der Waals surface area contributed by atoms with Gasteiger partial charge in [-0.15, -0.1) is 0 Å². The molecule has 1 aromatic heterocycles. The lowest BCUT2D eigenvalue weighted by molar-refractivity contribution is -0.129. The predicted octanol–water partition coefficient (Wildman–Crippen LogP) is 2.65. The number of carbonyl (C=O) groups is 1. The molecule has 4 atom stereocenters. The lowest BCUT2D eigenvalue weighted by Gasteiger charge is -2.33. The van der Waals surface area contributed by atoms with E-state index < -0.39 is 0 Å². The summed E-state index contributed by atoms with van der Waals surface area (Å²) in [5, 5.41) is 9.70. The van der Waals surface area contributed by atoms with Crippen molar-refractivity contribution < 1.29 is 14.3 Å². The van der Waals surface area contributed by atoms with Gasteiger partial charge in [0.05, 0.1) is 6.10 Å². The van der Waals surface area contributed by atoms with E-state index >= 15 is 0 Å². The Balaban J connectivity index is 1.58. The second-order valence-electron chi connectivity index (χ2n) is 6.51. The second-order valence-corrected chi connectivity index (χ2v) is 6.51. The van der Waals surface area contributed by atoms with Crippen LogP contribution in [0.15, 0.2) is 22.6 Å². The number of hydrogen-bond acceptors (Lipinski definition) is 3. The molecular weight excluding hydrogens is 266 g/mol. The topological polar surface area (TPSA) is 53.7 Å². The first-order valence-corrected chi connectivity index (χ1v) is 7.79. The van der Waals surface area contributed by atoms with Crippen LogP contribution < -0.4 is 0 Å². The molecule has 1 saturated carbocycles. The summed E-state index contributed by atoms with van der Waals surface area (Å²) in [6, 6.07) is 3.93. The van der Waals surface area contributed by atoms with Crippen LogP contribution >= 0.6 is 0 Å². The van der Waals surface area contributed by atoms with Gasteiger partial charge in [-0.25, -0.2) is 0 Å². The summed E-state index contributed by atoms with van der Waals surface area (Å²) in [4.78, 5) is 13.9. The van der Waals surface area contributed by atoms with E-state index in [2.05, 4.69) is 6.92 Å². The van der Waals surface area contributed by atoms with Gasteiger partial charge in [-0.1, -0.05) is 13.8 Å². The number of amides is 1. The number of aliphatic hydroxyl groups is 1. The maximum absolute atomic E-state index is 12.1. The third-order valence-electron chi connectivity index (χ3n) is 4.68. The van der Waals surface area contributed by atoms with Crippen molar-refractivity contribution in [1.29, 1.82) is 0 Å². The van der Waals surface area contributed by atoms with Gasteiger partial charge in [0.1, 0.15) is 11.5 Å². The van der Waals surface area contributed by atoms with E-state index in [1.807, 2.05) is 19.1 Å². The first kappa shape index (κ1) is 14.4. The Morgan fingerprint density at radius 2 is 2.14 bits per heavy atom. The molecule has 2 heterocycles. The number of likely N-dealkylation sites (tertiary alicyclic amines) is 1. The quantitative estimate of drug-likeness (QED) is 0.870. The molecular formula is C17H23NO3. The molecule has 0 aromatic carbocycles. The SMILES string of the molecule is CC1CN(C(=O)/C=C/c2ccc(C3CC3C)o2)CCC1O. The second kappa shape index (κ2) is 5.68. The lowest BCUT2D eigenvalue weighted by Crippen LogP contribution is -2.44. The highest BCUT2D eigenvalue weighted by Gasteiger charge is 2.36. The van der Waals surface area contributed by atoms with Gasteiger partial charge in [-0.2, -0.15) is 0 Å². The van der Waals surface area contributed by atoms with Crippen LogP contribution in [0.1, 0.15) is 44.1 Å². The third kappa shape index (κ3) is 3.21. The highest BCUT2D eigenvalue weighted by Crippen LogP contribution is 2.47. The molecule has 2 fully saturated rings. The van der Waals surface area contributed by atoms with Crippen LogP contribution in [0.3, 0.4) is 0 Å². The number of carbonyl (C=O) groups excluding carboxylic acids is 1. The Morgan fingerprint density at radius 3 is 2.81 bits per heavy atom. The van der Waals surface area contributed by atoms with Crippen LogP contribution in [0, 0.1) is 11.8 Å². The van der Waals surface area contributed by atoms with Crippen LogP contribution in [0.25, 0.3) is 6.08 Å².